The zero-order chi connectivity index (χ0) is 11.4. The average Bonchev–Trinajstić information content (AvgIpc) is 2.55. The van der Waals surface area contributed by atoms with Crippen molar-refractivity contribution in [1.82, 2.24) is 5.32 Å². The Morgan fingerprint density at radius 3 is 2.69 bits per heavy atom. The predicted molar refractivity (Wildman–Crippen MR) is 70.1 cm³/mol. The molecule has 0 spiro atoms. The summed E-state index contributed by atoms with van der Waals surface area (Å²) in [5, 5.41) is 4.35. The SMILES string of the molecule is CNC1CCCCC(c2ccccc2Cl)C1. The van der Waals surface area contributed by atoms with Crippen molar-refractivity contribution in [1.29, 1.82) is 0 Å². The molecule has 1 nitrogen and oxygen atoms in total. The Morgan fingerprint density at radius 1 is 1.19 bits per heavy atom. The molecule has 1 aromatic rings. The van der Waals surface area contributed by atoms with Gasteiger partial charge in [-0.3, -0.25) is 0 Å². The van der Waals surface area contributed by atoms with Gasteiger partial charge in [-0.25, -0.2) is 0 Å². The number of rotatable bonds is 2. The van der Waals surface area contributed by atoms with Crippen LogP contribution in [0.3, 0.4) is 0 Å². The molecule has 2 atom stereocenters. The number of hydrogen-bond donors (Lipinski definition) is 1. The van der Waals surface area contributed by atoms with Gasteiger partial charge < -0.3 is 5.32 Å². The van der Waals surface area contributed by atoms with Crippen LogP contribution >= 0.6 is 11.6 Å². The summed E-state index contributed by atoms with van der Waals surface area (Å²) < 4.78 is 0. The van der Waals surface area contributed by atoms with Gasteiger partial charge in [0.15, 0.2) is 0 Å². The van der Waals surface area contributed by atoms with Gasteiger partial charge in [0.25, 0.3) is 0 Å². The molecule has 0 saturated heterocycles. The lowest BCUT2D eigenvalue weighted by Gasteiger charge is -2.20. The Bertz CT molecular complexity index is 337. The van der Waals surface area contributed by atoms with Crippen LogP contribution in [0.25, 0.3) is 0 Å². The molecule has 2 rings (SSSR count). The van der Waals surface area contributed by atoms with Gasteiger partial charge in [0.05, 0.1) is 0 Å². The zero-order valence-electron chi connectivity index (χ0n) is 9.88. The first-order valence-electron chi connectivity index (χ1n) is 6.23. The van der Waals surface area contributed by atoms with E-state index in [1.54, 1.807) is 0 Å². The molecule has 2 unspecified atom stereocenters. The molecule has 0 aromatic heterocycles. The molecule has 88 valence electrons. The monoisotopic (exact) mass is 237 g/mol. The summed E-state index contributed by atoms with van der Waals surface area (Å²) >= 11 is 6.28. The standard InChI is InChI=1S/C14H20ClN/c1-16-12-7-3-2-6-11(10-12)13-8-4-5-9-14(13)15/h4-5,8-9,11-12,16H,2-3,6-7,10H2,1H3. The van der Waals surface area contributed by atoms with Crippen molar-refractivity contribution in [2.45, 2.75) is 44.1 Å². The van der Waals surface area contributed by atoms with Crippen molar-refractivity contribution >= 4 is 11.6 Å². The predicted octanol–water partition coefficient (Wildman–Crippen LogP) is 3.98. The lowest BCUT2D eigenvalue weighted by atomic mass is 9.90. The fourth-order valence-electron chi connectivity index (χ4n) is 2.71. The van der Waals surface area contributed by atoms with Gasteiger partial charge in [0.1, 0.15) is 0 Å². The second-order valence-corrected chi connectivity index (χ2v) is 5.13. The Morgan fingerprint density at radius 2 is 1.94 bits per heavy atom. The molecular formula is C14H20ClN. The summed E-state index contributed by atoms with van der Waals surface area (Å²) in [6, 6.07) is 8.96. The van der Waals surface area contributed by atoms with Crippen LogP contribution in [0.1, 0.15) is 43.6 Å². The molecule has 1 aliphatic rings. The van der Waals surface area contributed by atoms with E-state index in [0.717, 1.165) is 5.02 Å². The van der Waals surface area contributed by atoms with E-state index in [1.165, 1.54) is 37.7 Å². The van der Waals surface area contributed by atoms with Crippen molar-refractivity contribution in [2.75, 3.05) is 7.05 Å². The van der Waals surface area contributed by atoms with E-state index >= 15 is 0 Å². The minimum atomic E-state index is 0.633. The summed E-state index contributed by atoms with van der Waals surface area (Å²) in [6.45, 7) is 0. The molecule has 1 aliphatic carbocycles. The third-order valence-corrected chi connectivity index (χ3v) is 4.02. The molecule has 16 heavy (non-hydrogen) atoms. The topological polar surface area (TPSA) is 12.0 Å². The smallest absolute Gasteiger partial charge is 0.0440 e. The number of nitrogens with one attached hydrogen (secondary N) is 1. The first-order valence-corrected chi connectivity index (χ1v) is 6.60. The van der Waals surface area contributed by atoms with E-state index < -0.39 is 0 Å². The van der Waals surface area contributed by atoms with Crippen molar-refractivity contribution in [2.24, 2.45) is 0 Å². The number of hydrogen-bond acceptors (Lipinski definition) is 1. The largest absolute Gasteiger partial charge is 0.317 e. The van der Waals surface area contributed by atoms with Crippen LogP contribution in [0, 0.1) is 0 Å². The first kappa shape index (κ1) is 11.9. The van der Waals surface area contributed by atoms with E-state index in [0.29, 0.717) is 12.0 Å². The van der Waals surface area contributed by atoms with Crippen LogP contribution in [-0.4, -0.2) is 13.1 Å². The third-order valence-electron chi connectivity index (χ3n) is 3.68. The van der Waals surface area contributed by atoms with E-state index in [4.69, 9.17) is 11.6 Å². The number of halogens is 1. The van der Waals surface area contributed by atoms with Gasteiger partial charge in [-0.05, 0) is 43.9 Å². The molecular weight excluding hydrogens is 218 g/mol. The van der Waals surface area contributed by atoms with Crippen molar-refractivity contribution in [3.05, 3.63) is 34.9 Å². The molecule has 1 N–H and O–H groups in total. The Labute approximate surface area is 103 Å². The third kappa shape index (κ3) is 2.78. The highest BCUT2D eigenvalue weighted by Crippen LogP contribution is 2.35. The van der Waals surface area contributed by atoms with Gasteiger partial charge in [-0.1, -0.05) is 42.6 Å². The summed E-state index contributed by atoms with van der Waals surface area (Å²) in [6.07, 6.45) is 6.47. The molecule has 0 amide bonds. The highest BCUT2D eigenvalue weighted by atomic mass is 35.5. The van der Waals surface area contributed by atoms with E-state index in [-0.39, 0.29) is 0 Å². The summed E-state index contributed by atoms with van der Waals surface area (Å²) in [5.41, 5.74) is 1.34. The normalized spacial score (nSPS) is 26.4. The fraction of sp³-hybridized carbons (Fsp3) is 0.571. The van der Waals surface area contributed by atoms with E-state index in [9.17, 15) is 0 Å². The Balaban J connectivity index is 2.16. The van der Waals surface area contributed by atoms with E-state index in [2.05, 4.69) is 24.5 Å². The van der Waals surface area contributed by atoms with Gasteiger partial charge in [0.2, 0.25) is 0 Å². The Hall–Kier alpha value is -0.530. The molecule has 0 aliphatic heterocycles. The maximum atomic E-state index is 6.28. The van der Waals surface area contributed by atoms with Crippen molar-refractivity contribution in [3.8, 4) is 0 Å². The van der Waals surface area contributed by atoms with Crippen molar-refractivity contribution < 1.29 is 0 Å². The lowest BCUT2D eigenvalue weighted by Crippen LogP contribution is -2.25. The maximum Gasteiger partial charge on any atom is 0.0440 e. The van der Waals surface area contributed by atoms with E-state index in [1.807, 2.05) is 12.1 Å². The maximum absolute atomic E-state index is 6.28. The van der Waals surface area contributed by atoms with Crippen LogP contribution in [-0.2, 0) is 0 Å². The minimum Gasteiger partial charge on any atom is -0.317 e. The molecule has 1 saturated carbocycles. The van der Waals surface area contributed by atoms with Crippen molar-refractivity contribution in [3.63, 3.8) is 0 Å². The molecule has 0 radical (unpaired) electrons. The van der Waals surface area contributed by atoms with Crippen LogP contribution in [0.2, 0.25) is 5.02 Å². The lowest BCUT2D eigenvalue weighted by molar-refractivity contribution is 0.471. The van der Waals surface area contributed by atoms with Gasteiger partial charge in [-0.15, -0.1) is 0 Å². The molecule has 2 heteroatoms. The summed E-state index contributed by atoms with van der Waals surface area (Å²) in [4.78, 5) is 0. The second kappa shape index (κ2) is 5.70. The molecule has 0 bridgehead atoms. The molecule has 0 heterocycles. The zero-order valence-corrected chi connectivity index (χ0v) is 10.6. The quantitative estimate of drug-likeness (QED) is 0.768. The average molecular weight is 238 g/mol. The second-order valence-electron chi connectivity index (χ2n) is 4.72. The van der Waals surface area contributed by atoms with Crippen LogP contribution in [0.4, 0.5) is 0 Å². The first-order chi connectivity index (χ1) is 7.81. The summed E-state index contributed by atoms with van der Waals surface area (Å²) in [5.74, 6) is 0.633. The van der Waals surface area contributed by atoms with Crippen LogP contribution in [0.5, 0.6) is 0 Å². The minimum absolute atomic E-state index is 0.633. The van der Waals surface area contributed by atoms with Gasteiger partial charge >= 0.3 is 0 Å². The highest BCUT2D eigenvalue weighted by Gasteiger charge is 2.21. The fourth-order valence-corrected chi connectivity index (χ4v) is 3.00. The van der Waals surface area contributed by atoms with Crippen LogP contribution in [0.15, 0.2) is 24.3 Å². The molecule has 1 fully saturated rings. The molecule has 1 aromatic carbocycles. The highest BCUT2D eigenvalue weighted by molar-refractivity contribution is 6.31. The van der Waals surface area contributed by atoms with Gasteiger partial charge in [-0.2, -0.15) is 0 Å². The summed E-state index contributed by atoms with van der Waals surface area (Å²) in [7, 11) is 2.07. The Kier molecular flexibility index (Phi) is 4.25. The van der Waals surface area contributed by atoms with Gasteiger partial charge in [0, 0.05) is 11.1 Å². The number of benzene rings is 1. The van der Waals surface area contributed by atoms with Crippen LogP contribution < -0.4 is 5.32 Å².